The van der Waals surface area contributed by atoms with Crippen molar-refractivity contribution in [1.29, 1.82) is 0 Å². The fourth-order valence-electron chi connectivity index (χ4n) is 4.19. The summed E-state index contributed by atoms with van der Waals surface area (Å²) < 4.78 is 20.8. The van der Waals surface area contributed by atoms with Gasteiger partial charge in [-0.05, 0) is 45.5 Å². The standard InChI is InChI=1S/C24H35FN4O3/c1-26(2)13-5-10-23(31)28-15-11-19(12-16-28)32-18-17-29-14-6-9-22(30)27(3)21-8-4-7-20(25)24(21)29/h4-5,7-8,10,19H,6,9,11-18H2,1-3H3. The maximum Gasteiger partial charge on any atom is 0.246 e. The first-order chi connectivity index (χ1) is 15.4. The van der Waals surface area contributed by atoms with E-state index in [1.54, 1.807) is 30.2 Å². The zero-order chi connectivity index (χ0) is 23.1. The Morgan fingerprint density at radius 3 is 2.72 bits per heavy atom. The third-order valence-electron chi connectivity index (χ3n) is 6.04. The number of carbonyl (C=O) groups is 2. The van der Waals surface area contributed by atoms with Gasteiger partial charge in [0.1, 0.15) is 5.82 Å². The Morgan fingerprint density at radius 1 is 1.25 bits per heavy atom. The van der Waals surface area contributed by atoms with E-state index in [0.29, 0.717) is 57.0 Å². The van der Waals surface area contributed by atoms with Crippen molar-refractivity contribution in [2.24, 2.45) is 0 Å². The average molecular weight is 447 g/mol. The van der Waals surface area contributed by atoms with Gasteiger partial charge in [-0.15, -0.1) is 0 Å². The number of piperidine rings is 1. The first-order valence-corrected chi connectivity index (χ1v) is 11.4. The number of para-hydroxylation sites is 1. The number of hydrogen-bond acceptors (Lipinski definition) is 5. The summed E-state index contributed by atoms with van der Waals surface area (Å²) in [5.74, 6) is -0.263. The molecule has 0 radical (unpaired) electrons. The van der Waals surface area contributed by atoms with Crippen molar-refractivity contribution >= 4 is 23.2 Å². The van der Waals surface area contributed by atoms with E-state index in [-0.39, 0.29) is 23.7 Å². The van der Waals surface area contributed by atoms with Gasteiger partial charge < -0.3 is 24.3 Å². The Balaban J connectivity index is 1.50. The fraction of sp³-hybridized carbons (Fsp3) is 0.583. The highest BCUT2D eigenvalue weighted by Gasteiger charge is 2.26. The highest BCUT2D eigenvalue weighted by molar-refractivity contribution is 5.97. The highest BCUT2D eigenvalue weighted by atomic mass is 19.1. The molecule has 2 heterocycles. The molecule has 1 saturated heterocycles. The highest BCUT2D eigenvalue weighted by Crippen LogP contribution is 2.33. The van der Waals surface area contributed by atoms with Gasteiger partial charge in [-0.3, -0.25) is 9.59 Å². The number of hydrogen-bond donors (Lipinski definition) is 0. The smallest absolute Gasteiger partial charge is 0.246 e. The lowest BCUT2D eigenvalue weighted by atomic mass is 10.1. The number of nitrogens with zero attached hydrogens (tertiary/aromatic N) is 4. The van der Waals surface area contributed by atoms with Crippen LogP contribution in [0.4, 0.5) is 15.8 Å². The SMILES string of the molecule is CN(C)CC=CC(=O)N1CCC(OCCN2CCCC(=O)N(C)c3cccc(F)c32)CC1. The lowest BCUT2D eigenvalue weighted by molar-refractivity contribution is -0.128. The van der Waals surface area contributed by atoms with Crippen molar-refractivity contribution in [2.45, 2.75) is 31.8 Å². The third-order valence-corrected chi connectivity index (χ3v) is 6.04. The van der Waals surface area contributed by atoms with Gasteiger partial charge >= 0.3 is 0 Å². The quantitative estimate of drug-likeness (QED) is 0.603. The van der Waals surface area contributed by atoms with Crippen LogP contribution < -0.4 is 9.80 Å². The van der Waals surface area contributed by atoms with Gasteiger partial charge in [0, 0.05) is 52.3 Å². The Morgan fingerprint density at radius 2 is 2.00 bits per heavy atom. The molecule has 1 aromatic carbocycles. The molecule has 0 aromatic heterocycles. The molecule has 2 aliphatic rings. The molecule has 1 aromatic rings. The van der Waals surface area contributed by atoms with E-state index >= 15 is 0 Å². The summed E-state index contributed by atoms with van der Waals surface area (Å²) in [5.41, 5.74) is 1.07. The van der Waals surface area contributed by atoms with Gasteiger partial charge in [0.15, 0.2) is 0 Å². The lowest BCUT2D eigenvalue weighted by Gasteiger charge is -2.34. The second-order valence-electron chi connectivity index (χ2n) is 8.71. The number of anilines is 2. The molecule has 0 bridgehead atoms. The molecule has 0 N–H and O–H groups in total. The van der Waals surface area contributed by atoms with Gasteiger partial charge in [-0.25, -0.2) is 4.39 Å². The van der Waals surface area contributed by atoms with Crippen LogP contribution in [-0.2, 0) is 14.3 Å². The topological polar surface area (TPSA) is 56.3 Å². The molecule has 7 nitrogen and oxygen atoms in total. The molecular formula is C24H35FN4O3. The van der Waals surface area contributed by atoms with Crippen LogP contribution in [0.25, 0.3) is 0 Å². The molecule has 0 saturated carbocycles. The normalized spacial score (nSPS) is 18.3. The summed E-state index contributed by atoms with van der Waals surface area (Å²) in [6.45, 7) is 3.77. The molecular weight excluding hydrogens is 411 g/mol. The van der Waals surface area contributed by atoms with E-state index in [2.05, 4.69) is 0 Å². The lowest BCUT2D eigenvalue weighted by Crippen LogP contribution is -2.41. The van der Waals surface area contributed by atoms with Crippen molar-refractivity contribution in [2.75, 3.05) is 70.3 Å². The molecule has 176 valence electrons. The predicted octanol–water partition coefficient (Wildman–Crippen LogP) is 2.51. The number of benzene rings is 1. The average Bonchev–Trinajstić information content (AvgIpc) is 2.77. The maximum absolute atomic E-state index is 14.7. The Bertz CT molecular complexity index is 821. The number of amides is 2. The van der Waals surface area contributed by atoms with E-state index < -0.39 is 0 Å². The van der Waals surface area contributed by atoms with Gasteiger partial charge in [0.25, 0.3) is 0 Å². The first-order valence-electron chi connectivity index (χ1n) is 11.4. The Labute approximate surface area is 190 Å². The minimum Gasteiger partial charge on any atom is -0.376 e. The number of rotatable bonds is 7. The molecule has 2 aliphatic heterocycles. The van der Waals surface area contributed by atoms with Crippen molar-refractivity contribution in [1.82, 2.24) is 9.80 Å². The van der Waals surface area contributed by atoms with Crippen LogP contribution in [0.2, 0.25) is 0 Å². The van der Waals surface area contributed by atoms with Crippen LogP contribution in [0.5, 0.6) is 0 Å². The van der Waals surface area contributed by atoms with Crippen LogP contribution in [0.3, 0.4) is 0 Å². The summed E-state index contributed by atoms with van der Waals surface area (Å²) in [5, 5.41) is 0. The van der Waals surface area contributed by atoms with Crippen molar-refractivity contribution in [3.63, 3.8) is 0 Å². The Kier molecular flexibility index (Phi) is 8.64. The van der Waals surface area contributed by atoms with E-state index in [4.69, 9.17) is 4.74 Å². The van der Waals surface area contributed by atoms with Crippen LogP contribution >= 0.6 is 0 Å². The molecule has 0 aliphatic carbocycles. The third kappa shape index (κ3) is 6.29. The van der Waals surface area contributed by atoms with E-state index in [9.17, 15) is 14.0 Å². The van der Waals surface area contributed by atoms with E-state index in [1.807, 2.05) is 34.9 Å². The zero-order valence-corrected chi connectivity index (χ0v) is 19.4. The second kappa shape index (κ2) is 11.4. The summed E-state index contributed by atoms with van der Waals surface area (Å²) in [7, 11) is 5.64. The largest absolute Gasteiger partial charge is 0.376 e. The summed E-state index contributed by atoms with van der Waals surface area (Å²) in [6, 6.07) is 4.86. The zero-order valence-electron chi connectivity index (χ0n) is 19.4. The molecule has 32 heavy (non-hydrogen) atoms. The van der Waals surface area contributed by atoms with Crippen LogP contribution in [-0.4, -0.2) is 88.2 Å². The molecule has 0 unspecified atom stereocenters. The number of fused-ring (bicyclic) bond motifs is 1. The molecule has 0 spiro atoms. The van der Waals surface area contributed by atoms with Crippen LogP contribution in [0, 0.1) is 5.82 Å². The predicted molar refractivity (Wildman–Crippen MR) is 125 cm³/mol. The van der Waals surface area contributed by atoms with Crippen molar-refractivity contribution in [3.05, 3.63) is 36.2 Å². The van der Waals surface area contributed by atoms with Gasteiger partial charge in [-0.1, -0.05) is 12.1 Å². The molecule has 0 atom stereocenters. The Hall–Kier alpha value is -2.45. The molecule has 2 amide bonds. The fourth-order valence-corrected chi connectivity index (χ4v) is 4.19. The number of ether oxygens (including phenoxy) is 1. The van der Waals surface area contributed by atoms with Gasteiger partial charge in [-0.2, -0.15) is 0 Å². The first kappa shape index (κ1) is 24.2. The van der Waals surface area contributed by atoms with Crippen molar-refractivity contribution < 1.29 is 18.7 Å². The number of carbonyl (C=O) groups excluding carboxylic acids is 2. The molecule has 8 heteroatoms. The molecule has 3 rings (SSSR count). The number of halogens is 1. The maximum atomic E-state index is 14.7. The van der Waals surface area contributed by atoms with Gasteiger partial charge in [0.05, 0.1) is 24.1 Å². The number of likely N-dealkylation sites (N-methyl/N-ethyl adjacent to an activating group) is 1. The van der Waals surface area contributed by atoms with Crippen molar-refractivity contribution in [3.8, 4) is 0 Å². The van der Waals surface area contributed by atoms with Gasteiger partial charge in [0.2, 0.25) is 11.8 Å². The van der Waals surface area contributed by atoms with E-state index in [0.717, 1.165) is 19.4 Å². The molecule has 1 fully saturated rings. The van der Waals surface area contributed by atoms with Crippen LogP contribution in [0.15, 0.2) is 30.4 Å². The summed E-state index contributed by atoms with van der Waals surface area (Å²) >= 11 is 0. The van der Waals surface area contributed by atoms with E-state index in [1.165, 1.54) is 6.07 Å². The monoisotopic (exact) mass is 446 g/mol. The minimum atomic E-state index is -0.321. The minimum absolute atomic E-state index is 0.00520. The summed E-state index contributed by atoms with van der Waals surface area (Å²) in [6.07, 6.45) is 6.36. The summed E-state index contributed by atoms with van der Waals surface area (Å²) in [4.78, 5) is 31.9. The van der Waals surface area contributed by atoms with Crippen LogP contribution in [0.1, 0.15) is 25.7 Å². The second-order valence-corrected chi connectivity index (χ2v) is 8.71. The number of likely N-dealkylation sites (tertiary alicyclic amines) is 1.